The Morgan fingerprint density at radius 2 is 1.78 bits per heavy atom. The molecule has 6 nitrogen and oxygen atoms in total. The molecule has 0 radical (unpaired) electrons. The van der Waals surface area contributed by atoms with Crippen molar-refractivity contribution in [2.75, 3.05) is 20.2 Å². The second-order valence-corrected chi connectivity index (χ2v) is 8.45. The Bertz CT molecular complexity index is 985. The molecule has 1 heterocycles. The normalized spacial score (nSPS) is 12.4. The minimum atomic E-state index is -0.388. The molecule has 0 saturated heterocycles. The van der Waals surface area contributed by atoms with Crippen LogP contribution in [-0.2, 0) is 13.6 Å². The number of aliphatic hydroxyl groups is 1. The molecule has 0 aliphatic carbocycles. The van der Waals surface area contributed by atoms with Gasteiger partial charge >= 0.3 is 0 Å². The van der Waals surface area contributed by atoms with Crippen molar-refractivity contribution in [1.29, 1.82) is 0 Å². The highest BCUT2D eigenvalue weighted by Gasteiger charge is 2.23. The van der Waals surface area contributed by atoms with Gasteiger partial charge in [-0.25, -0.2) is 4.68 Å². The molecule has 0 fully saturated rings. The maximum atomic E-state index is 10.5. The predicted octanol–water partition coefficient (Wildman–Crippen LogP) is 5.12. The molecule has 0 unspecified atom stereocenters. The van der Waals surface area contributed by atoms with Crippen molar-refractivity contribution in [2.45, 2.75) is 39.8 Å². The van der Waals surface area contributed by atoms with Gasteiger partial charge in [0, 0.05) is 31.8 Å². The first-order chi connectivity index (χ1) is 15.4. The Balaban J connectivity index is 2.01. The van der Waals surface area contributed by atoms with Crippen LogP contribution < -0.4 is 9.47 Å². The highest BCUT2D eigenvalue weighted by Crippen LogP contribution is 2.35. The van der Waals surface area contributed by atoms with Crippen LogP contribution in [0.2, 0.25) is 0 Å². The number of hydrogen-bond acceptors (Lipinski definition) is 5. The molecule has 0 bridgehead atoms. The summed E-state index contributed by atoms with van der Waals surface area (Å²) >= 11 is 0. The zero-order valence-electron chi connectivity index (χ0n) is 19.8. The second kappa shape index (κ2) is 11.2. The van der Waals surface area contributed by atoms with Crippen molar-refractivity contribution >= 4 is 0 Å². The Labute approximate surface area is 191 Å². The van der Waals surface area contributed by atoms with E-state index in [4.69, 9.17) is 14.6 Å². The van der Waals surface area contributed by atoms with Crippen LogP contribution in [0.15, 0.2) is 54.6 Å². The van der Waals surface area contributed by atoms with Crippen molar-refractivity contribution in [3.05, 3.63) is 60.2 Å². The fraction of sp³-hybridized carbons (Fsp3) is 0.423. The summed E-state index contributed by atoms with van der Waals surface area (Å²) in [7, 11) is 3.54. The van der Waals surface area contributed by atoms with E-state index in [2.05, 4.69) is 24.0 Å². The van der Waals surface area contributed by atoms with Gasteiger partial charge in [0.25, 0.3) is 0 Å². The Kier molecular flexibility index (Phi) is 8.31. The molecule has 1 atom stereocenters. The summed E-state index contributed by atoms with van der Waals surface area (Å²) in [6, 6.07) is 17.7. The van der Waals surface area contributed by atoms with Crippen LogP contribution in [0.1, 0.15) is 32.8 Å². The molecule has 0 aliphatic heterocycles. The van der Waals surface area contributed by atoms with E-state index in [0.29, 0.717) is 24.7 Å². The van der Waals surface area contributed by atoms with Gasteiger partial charge in [-0.3, -0.25) is 4.90 Å². The smallest absolute Gasteiger partial charge is 0.222 e. The summed E-state index contributed by atoms with van der Waals surface area (Å²) in [6.45, 7) is 8.37. The highest BCUT2D eigenvalue weighted by molar-refractivity contribution is 5.65. The summed E-state index contributed by atoms with van der Waals surface area (Å²) in [5, 5.41) is 15.4. The minimum Gasteiger partial charge on any atom is -0.497 e. The zero-order valence-corrected chi connectivity index (χ0v) is 19.8. The molecule has 32 heavy (non-hydrogen) atoms. The largest absolute Gasteiger partial charge is 0.497 e. The summed E-state index contributed by atoms with van der Waals surface area (Å²) in [5.74, 6) is 2.32. The minimum absolute atomic E-state index is 0.198. The van der Waals surface area contributed by atoms with Crippen LogP contribution in [0.25, 0.3) is 11.3 Å². The molecule has 0 spiro atoms. The number of hydrogen-bond donors (Lipinski definition) is 1. The summed E-state index contributed by atoms with van der Waals surface area (Å²) < 4.78 is 13.5. The van der Waals surface area contributed by atoms with Gasteiger partial charge in [0.2, 0.25) is 5.88 Å². The molecule has 1 N–H and O–H groups in total. The first-order valence-corrected chi connectivity index (χ1v) is 11.3. The number of benzene rings is 2. The van der Waals surface area contributed by atoms with Gasteiger partial charge < -0.3 is 14.6 Å². The third-order valence-corrected chi connectivity index (χ3v) is 5.53. The van der Waals surface area contributed by atoms with Crippen LogP contribution >= 0.6 is 0 Å². The van der Waals surface area contributed by atoms with Crippen molar-refractivity contribution in [3.63, 3.8) is 0 Å². The Morgan fingerprint density at radius 3 is 2.44 bits per heavy atom. The van der Waals surface area contributed by atoms with Crippen molar-refractivity contribution in [3.8, 4) is 28.6 Å². The van der Waals surface area contributed by atoms with Gasteiger partial charge in [-0.05, 0) is 31.0 Å². The Morgan fingerprint density at radius 1 is 1.06 bits per heavy atom. The van der Waals surface area contributed by atoms with E-state index >= 15 is 0 Å². The lowest BCUT2D eigenvalue weighted by atomic mass is 10.0. The van der Waals surface area contributed by atoms with Crippen LogP contribution in [0.3, 0.4) is 0 Å². The van der Waals surface area contributed by atoms with Crippen LogP contribution in [0, 0.1) is 5.92 Å². The average molecular weight is 438 g/mol. The van der Waals surface area contributed by atoms with E-state index in [1.54, 1.807) is 11.8 Å². The number of methoxy groups -OCH3 is 1. The lowest BCUT2D eigenvalue weighted by Gasteiger charge is -2.26. The number of ether oxygens (including phenoxy) is 2. The molecule has 6 heteroatoms. The van der Waals surface area contributed by atoms with E-state index in [1.807, 2.05) is 63.4 Å². The number of aliphatic hydroxyl groups excluding tert-OH is 1. The van der Waals surface area contributed by atoms with Crippen molar-refractivity contribution < 1.29 is 14.6 Å². The lowest BCUT2D eigenvalue weighted by Crippen LogP contribution is -2.35. The second-order valence-electron chi connectivity index (χ2n) is 8.45. The topological polar surface area (TPSA) is 59.8 Å². The molecule has 0 saturated carbocycles. The van der Waals surface area contributed by atoms with Gasteiger partial charge in [0.15, 0.2) is 0 Å². The van der Waals surface area contributed by atoms with Crippen LogP contribution in [0.5, 0.6) is 17.4 Å². The van der Waals surface area contributed by atoms with Gasteiger partial charge in [0.1, 0.15) is 17.2 Å². The first kappa shape index (κ1) is 23.8. The third kappa shape index (κ3) is 5.90. The highest BCUT2D eigenvalue weighted by atomic mass is 16.5. The van der Waals surface area contributed by atoms with E-state index in [0.717, 1.165) is 35.5 Å². The first-order valence-electron chi connectivity index (χ1n) is 11.3. The van der Waals surface area contributed by atoms with Gasteiger partial charge in [0.05, 0.1) is 18.8 Å². The number of nitrogens with zero attached hydrogens (tertiary/aromatic N) is 3. The number of aryl methyl sites for hydroxylation is 1. The Hall–Kier alpha value is -2.83. The molecule has 3 rings (SSSR count). The molecule has 3 aromatic rings. The predicted molar refractivity (Wildman–Crippen MR) is 128 cm³/mol. The van der Waals surface area contributed by atoms with Gasteiger partial charge in [-0.15, -0.1) is 0 Å². The quantitative estimate of drug-likeness (QED) is 0.451. The van der Waals surface area contributed by atoms with Crippen molar-refractivity contribution in [2.24, 2.45) is 13.0 Å². The van der Waals surface area contributed by atoms with Crippen LogP contribution in [0.4, 0.5) is 0 Å². The fourth-order valence-electron chi connectivity index (χ4n) is 3.68. The molecular formula is C26H35N3O3. The zero-order chi connectivity index (χ0) is 23.1. The SMILES string of the molecule is CCCN(Cc1c(-c2ccccc2)nn(C)c1Oc1cccc(OC)c1)C[C@H](O)C(C)C. The number of rotatable bonds is 11. The van der Waals surface area contributed by atoms with E-state index < -0.39 is 0 Å². The molecule has 0 aliphatic rings. The van der Waals surface area contributed by atoms with Gasteiger partial charge in [-0.1, -0.05) is 57.2 Å². The average Bonchev–Trinajstić information content (AvgIpc) is 3.09. The van der Waals surface area contributed by atoms with E-state index in [1.165, 1.54) is 0 Å². The van der Waals surface area contributed by atoms with E-state index in [9.17, 15) is 5.11 Å². The van der Waals surface area contributed by atoms with Crippen molar-refractivity contribution in [1.82, 2.24) is 14.7 Å². The molecule has 172 valence electrons. The summed E-state index contributed by atoms with van der Waals surface area (Å²) in [4.78, 5) is 2.28. The summed E-state index contributed by atoms with van der Waals surface area (Å²) in [6.07, 6.45) is 0.610. The standard InChI is InChI=1S/C26H35N3O3/c1-6-15-29(18-24(30)19(2)3)17-23-25(20-11-8-7-9-12-20)27-28(4)26(23)32-22-14-10-13-21(16-22)31-5/h7-14,16,19,24,30H,6,15,17-18H2,1-5H3/t24-/m0/s1. The number of aromatic nitrogens is 2. The molecule has 0 amide bonds. The molecule has 1 aromatic heterocycles. The maximum absolute atomic E-state index is 10.5. The monoisotopic (exact) mass is 437 g/mol. The maximum Gasteiger partial charge on any atom is 0.222 e. The fourth-order valence-corrected chi connectivity index (χ4v) is 3.68. The van der Waals surface area contributed by atoms with Crippen LogP contribution in [-0.4, -0.2) is 46.1 Å². The summed E-state index contributed by atoms with van der Waals surface area (Å²) in [5.41, 5.74) is 2.94. The molecule has 2 aromatic carbocycles. The lowest BCUT2D eigenvalue weighted by molar-refractivity contribution is 0.0729. The third-order valence-electron chi connectivity index (χ3n) is 5.53. The van der Waals surface area contributed by atoms with Gasteiger partial charge in [-0.2, -0.15) is 5.10 Å². The van der Waals surface area contributed by atoms with E-state index in [-0.39, 0.29) is 12.0 Å². The molecular weight excluding hydrogens is 402 g/mol.